The van der Waals surface area contributed by atoms with E-state index in [9.17, 15) is 4.79 Å². The minimum Gasteiger partial charge on any atom is -0.496 e. The summed E-state index contributed by atoms with van der Waals surface area (Å²) >= 11 is 0. The monoisotopic (exact) mass is 265 g/mol. The standard InChI is InChI=1S/C15H23NO3/c1-4-7-16(8-9-17)11-14(18)13-6-5-12(2)10-15(13)19-3/h5-6,10,17H,4,7-9,11H2,1-3H3. The Balaban J connectivity index is 2.81. The van der Waals surface area contributed by atoms with Crippen molar-refractivity contribution in [2.45, 2.75) is 20.3 Å². The molecule has 4 nitrogen and oxygen atoms in total. The van der Waals surface area contributed by atoms with E-state index < -0.39 is 0 Å². The number of carbonyl (C=O) groups excluding carboxylic acids is 1. The normalized spacial score (nSPS) is 10.8. The molecule has 0 aromatic heterocycles. The lowest BCUT2D eigenvalue weighted by Gasteiger charge is -2.20. The number of nitrogens with zero attached hydrogens (tertiary/aromatic N) is 1. The Hall–Kier alpha value is -1.39. The topological polar surface area (TPSA) is 49.8 Å². The summed E-state index contributed by atoms with van der Waals surface area (Å²) in [6, 6.07) is 5.58. The van der Waals surface area contributed by atoms with Crippen molar-refractivity contribution >= 4 is 5.78 Å². The molecule has 0 aliphatic rings. The molecule has 0 spiro atoms. The molecule has 106 valence electrons. The van der Waals surface area contributed by atoms with Gasteiger partial charge in [-0.2, -0.15) is 0 Å². The number of aryl methyl sites for hydroxylation is 1. The highest BCUT2D eigenvalue weighted by molar-refractivity contribution is 6.00. The molecule has 0 heterocycles. The Morgan fingerprint density at radius 3 is 2.68 bits per heavy atom. The summed E-state index contributed by atoms with van der Waals surface area (Å²) in [6.07, 6.45) is 0.957. The fraction of sp³-hybridized carbons (Fsp3) is 0.533. The lowest BCUT2D eigenvalue weighted by molar-refractivity contribution is 0.0912. The van der Waals surface area contributed by atoms with Crippen molar-refractivity contribution in [2.75, 3.05) is 33.4 Å². The van der Waals surface area contributed by atoms with Crippen LogP contribution in [0.1, 0.15) is 29.3 Å². The summed E-state index contributed by atoms with van der Waals surface area (Å²) in [4.78, 5) is 14.3. The second-order valence-corrected chi connectivity index (χ2v) is 4.63. The second-order valence-electron chi connectivity index (χ2n) is 4.63. The van der Waals surface area contributed by atoms with Crippen molar-refractivity contribution in [3.8, 4) is 5.75 Å². The second kappa shape index (κ2) is 7.92. The van der Waals surface area contributed by atoms with Crippen LogP contribution >= 0.6 is 0 Å². The summed E-state index contributed by atoms with van der Waals surface area (Å²) in [5, 5.41) is 9.01. The summed E-state index contributed by atoms with van der Waals surface area (Å²) in [5.74, 6) is 0.643. The number of hydrogen-bond donors (Lipinski definition) is 1. The maximum atomic E-state index is 12.3. The zero-order valence-electron chi connectivity index (χ0n) is 12.0. The van der Waals surface area contributed by atoms with Gasteiger partial charge in [0.25, 0.3) is 0 Å². The lowest BCUT2D eigenvalue weighted by atomic mass is 10.1. The average Bonchev–Trinajstić information content (AvgIpc) is 2.38. The molecule has 4 heteroatoms. The van der Waals surface area contributed by atoms with Crippen molar-refractivity contribution in [1.29, 1.82) is 0 Å². The van der Waals surface area contributed by atoms with Gasteiger partial charge < -0.3 is 9.84 Å². The summed E-state index contributed by atoms with van der Waals surface area (Å²) < 4.78 is 5.26. The molecule has 0 fully saturated rings. The highest BCUT2D eigenvalue weighted by atomic mass is 16.5. The van der Waals surface area contributed by atoms with Gasteiger partial charge >= 0.3 is 0 Å². The van der Waals surface area contributed by atoms with E-state index in [1.165, 1.54) is 0 Å². The van der Waals surface area contributed by atoms with Gasteiger partial charge in [-0.3, -0.25) is 9.69 Å². The predicted octanol–water partition coefficient (Wildman–Crippen LogP) is 1.89. The first-order valence-electron chi connectivity index (χ1n) is 6.63. The van der Waals surface area contributed by atoms with Crippen LogP contribution in [0.2, 0.25) is 0 Å². The fourth-order valence-corrected chi connectivity index (χ4v) is 2.04. The number of carbonyl (C=O) groups is 1. The largest absolute Gasteiger partial charge is 0.496 e. The number of ketones is 1. The first-order chi connectivity index (χ1) is 9.12. The van der Waals surface area contributed by atoms with E-state index in [-0.39, 0.29) is 12.4 Å². The van der Waals surface area contributed by atoms with Gasteiger partial charge in [0, 0.05) is 6.54 Å². The molecular formula is C15H23NO3. The van der Waals surface area contributed by atoms with Crippen molar-refractivity contribution in [2.24, 2.45) is 0 Å². The maximum absolute atomic E-state index is 12.3. The molecule has 0 amide bonds. The number of rotatable bonds is 8. The van der Waals surface area contributed by atoms with Crippen LogP contribution < -0.4 is 4.74 Å². The highest BCUT2D eigenvalue weighted by Gasteiger charge is 2.15. The number of methoxy groups -OCH3 is 1. The van der Waals surface area contributed by atoms with Gasteiger partial charge in [0.2, 0.25) is 0 Å². The van der Waals surface area contributed by atoms with Crippen LogP contribution in [0.4, 0.5) is 0 Å². The van der Waals surface area contributed by atoms with Gasteiger partial charge in [-0.1, -0.05) is 13.0 Å². The Morgan fingerprint density at radius 1 is 1.37 bits per heavy atom. The molecule has 19 heavy (non-hydrogen) atoms. The summed E-state index contributed by atoms with van der Waals surface area (Å²) in [7, 11) is 1.57. The van der Waals surface area contributed by atoms with E-state index in [4.69, 9.17) is 9.84 Å². The number of hydrogen-bond acceptors (Lipinski definition) is 4. The van der Waals surface area contributed by atoms with E-state index >= 15 is 0 Å². The van der Waals surface area contributed by atoms with Crippen LogP contribution in [0.3, 0.4) is 0 Å². The van der Waals surface area contributed by atoms with Gasteiger partial charge in [-0.05, 0) is 37.6 Å². The smallest absolute Gasteiger partial charge is 0.180 e. The molecule has 1 N–H and O–H groups in total. The first-order valence-corrected chi connectivity index (χ1v) is 6.63. The van der Waals surface area contributed by atoms with Gasteiger partial charge in [-0.25, -0.2) is 0 Å². The molecule has 0 aliphatic heterocycles. The lowest BCUT2D eigenvalue weighted by Crippen LogP contribution is -2.33. The minimum atomic E-state index is 0.0266. The van der Waals surface area contributed by atoms with E-state index in [0.717, 1.165) is 18.5 Å². The Labute approximate surface area is 115 Å². The molecule has 1 aromatic rings. The SMILES string of the molecule is CCCN(CCO)CC(=O)c1ccc(C)cc1OC. The van der Waals surface area contributed by atoms with E-state index in [1.807, 2.05) is 24.0 Å². The van der Waals surface area contributed by atoms with Crippen LogP contribution in [-0.4, -0.2) is 49.1 Å². The predicted molar refractivity (Wildman–Crippen MR) is 75.9 cm³/mol. The molecule has 1 rings (SSSR count). The van der Waals surface area contributed by atoms with E-state index in [1.54, 1.807) is 13.2 Å². The quantitative estimate of drug-likeness (QED) is 0.729. The Morgan fingerprint density at radius 2 is 2.11 bits per heavy atom. The molecular weight excluding hydrogens is 242 g/mol. The molecule has 0 atom stereocenters. The van der Waals surface area contributed by atoms with Crippen LogP contribution in [0.5, 0.6) is 5.75 Å². The fourth-order valence-electron chi connectivity index (χ4n) is 2.04. The third kappa shape index (κ3) is 4.65. The molecule has 0 bridgehead atoms. The zero-order chi connectivity index (χ0) is 14.3. The average molecular weight is 265 g/mol. The number of ether oxygens (including phenoxy) is 1. The number of aliphatic hydroxyl groups is 1. The first kappa shape index (κ1) is 15.7. The van der Waals surface area contributed by atoms with Crippen LogP contribution in [0.25, 0.3) is 0 Å². The number of Topliss-reactive ketones (excluding diaryl/α,β-unsaturated/α-hetero) is 1. The summed E-state index contributed by atoms with van der Waals surface area (Å²) in [6.45, 7) is 5.73. The molecule has 0 unspecified atom stereocenters. The van der Waals surface area contributed by atoms with E-state index in [2.05, 4.69) is 6.92 Å². The maximum Gasteiger partial charge on any atom is 0.180 e. The van der Waals surface area contributed by atoms with Crippen LogP contribution in [0.15, 0.2) is 18.2 Å². The Bertz CT molecular complexity index is 412. The van der Waals surface area contributed by atoms with Gasteiger partial charge in [-0.15, -0.1) is 0 Å². The molecule has 0 aliphatic carbocycles. The summed E-state index contributed by atoms with van der Waals surface area (Å²) in [5.41, 5.74) is 1.67. The van der Waals surface area contributed by atoms with Crippen LogP contribution in [0, 0.1) is 6.92 Å². The van der Waals surface area contributed by atoms with Gasteiger partial charge in [0.1, 0.15) is 5.75 Å². The van der Waals surface area contributed by atoms with Crippen molar-refractivity contribution in [1.82, 2.24) is 4.90 Å². The number of aliphatic hydroxyl groups excluding tert-OH is 1. The zero-order valence-corrected chi connectivity index (χ0v) is 12.0. The molecule has 0 saturated carbocycles. The minimum absolute atomic E-state index is 0.0266. The van der Waals surface area contributed by atoms with Gasteiger partial charge in [0.15, 0.2) is 5.78 Å². The van der Waals surface area contributed by atoms with Crippen molar-refractivity contribution in [3.63, 3.8) is 0 Å². The third-order valence-electron chi connectivity index (χ3n) is 2.98. The van der Waals surface area contributed by atoms with Gasteiger partial charge in [0.05, 0.1) is 25.8 Å². The third-order valence-corrected chi connectivity index (χ3v) is 2.98. The van der Waals surface area contributed by atoms with Crippen molar-refractivity contribution < 1.29 is 14.6 Å². The molecule has 0 radical (unpaired) electrons. The number of benzene rings is 1. The van der Waals surface area contributed by atoms with Crippen molar-refractivity contribution in [3.05, 3.63) is 29.3 Å². The molecule has 1 aromatic carbocycles. The Kier molecular flexibility index (Phi) is 6.53. The van der Waals surface area contributed by atoms with Crippen LogP contribution in [-0.2, 0) is 0 Å². The highest BCUT2D eigenvalue weighted by Crippen LogP contribution is 2.20. The van der Waals surface area contributed by atoms with E-state index in [0.29, 0.717) is 24.4 Å². The molecule has 0 saturated heterocycles.